The molecule has 0 atom stereocenters. The minimum atomic E-state index is -0.312. The minimum Gasteiger partial charge on any atom is -0.295 e. The molecule has 1 aromatic heterocycles. The van der Waals surface area contributed by atoms with Crippen molar-refractivity contribution in [3.05, 3.63) is 45.5 Å². The van der Waals surface area contributed by atoms with Gasteiger partial charge in [-0.1, -0.05) is 0 Å². The van der Waals surface area contributed by atoms with Crippen LogP contribution in [0.25, 0.3) is 10.4 Å². The second kappa shape index (κ2) is 4.47. The van der Waals surface area contributed by atoms with Gasteiger partial charge >= 0.3 is 0 Å². The van der Waals surface area contributed by atoms with Crippen molar-refractivity contribution in [2.45, 2.75) is 6.92 Å². The summed E-state index contributed by atoms with van der Waals surface area (Å²) in [5.41, 5.74) is 0.992. The molecule has 1 nitrogen and oxygen atoms in total. The van der Waals surface area contributed by atoms with E-state index in [0.29, 0.717) is 11.1 Å². The number of halogens is 2. The SMILES string of the molecule is CC(=O)c1ccc(F)c(-c2sccc2Br)c1. The van der Waals surface area contributed by atoms with Gasteiger partial charge in [-0.25, -0.2) is 4.39 Å². The van der Waals surface area contributed by atoms with Crippen molar-refractivity contribution in [2.75, 3.05) is 0 Å². The Labute approximate surface area is 105 Å². The molecule has 0 saturated heterocycles. The molecule has 16 heavy (non-hydrogen) atoms. The Morgan fingerprint density at radius 2 is 2.12 bits per heavy atom. The van der Waals surface area contributed by atoms with E-state index in [2.05, 4.69) is 15.9 Å². The number of hydrogen-bond donors (Lipinski definition) is 0. The number of ketones is 1. The van der Waals surface area contributed by atoms with E-state index < -0.39 is 0 Å². The van der Waals surface area contributed by atoms with Crippen LogP contribution in [0.3, 0.4) is 0 Å². The zero-order valence-electron chi connectivity index (χ0n) is 8.46. The van der Waals surface area contributed by atoms with E-state index in [1.54, 1.807) is 6.07 Å². The molecule has 0 N–H and O–H groups in total. The topological polar surface area (TPSA) is 17.1 Å². The molecule has 1 aromatic carbocycles. The Bertz CT molecular complexity index is 548. The van der Waals surface area contributed by atoms with Crippen molar-refractivity contribution in [1.82, 2.24) is 0 Å². The summed E-state index contributed by atoms with van der Waals surface area (Å²) in [4.78, 5) is 12.0. The zero-order valence-corrected chi connectivity index (χ0v) is 10.9. The molecular formula is C12H8BrFOS. The Morgan fingerprint density at radius 3 is 2.69 bits per heavy atom. The Balaban J connectivity index is 2.60. The number of benzene rings is 1. The lowest BCUT2D eigenvalue weighted by atomic mass is 10.1. The molecule has 0 spiro atoms. The normalized spacial score (nSPS) is 10.4. The molecule has 0 bridgehead atoms. The maximum Gasteiger partial charge on any atom is 0.159 e. The van der Waals surface area contributed by atoms with Gasteiger partial charge in [0.25, 0.3) is 0 Å². The average Bonchev–Trinajstić information content (AvgIpc) is 2.65. The maximum absolute atomic E-state index is 13.7. The summed E-state index contributed by atoms with van der Waals surface area (Å²) in [5.74, 6) is -0.373. The number of thiophene rings is 1. The van der Waals surface area contributed by atoms with Crippen LogP contribution in [0.1, 0.15) is 17.3 Å². The molecule has 82 valence electrons. The van der Waals surface area contributed by atoms with Gasteiger partial charge in [0.2, 0.25) is 0 Å². The average molecular weight is 299 g/mol. The highest BCUT2D eigenvalue weighted by atomic mass is 79.9. The molecule has 0 aliphatic rings. The van der Waals surface area contributed by atoms with Crippen molar-refractivity contribution in [2.24, 2.45) is 0 Å². The maximum atomic E-state index is 13.7. The fourth-order valence-electron chi connectivity index (χ4n) is 1.40. The molecule has 0 saturated carbocycles. The summed E-state index contributed by atoms with van der Waals surface area (Å²) in [6, 6.07) is 6.29. The predicted octanol–water partition coefficient (Wildman–Crippen LogP) is 4.52. The van der Waals surface area contributed by atoms with E-state index in [4.69, 9.17) is 0 Å². The number of Topliss-reactive ketones (excluding diaryl/α,β-unsaturated/α-hetero) is 1. The van der Waals surface area contributed by atoms with Crippen molar-refractivity contribution in [3.8, 4) is 10.4 Å². The highest BCUT2D eigenvalue weighted by molar-refractivity contribution is 9.10. The van der Waals surface area contributed by atoms with Gasteiger partial charge in [0.05, 0.1) is 4.88 Å². The van der Waals surface area contributed by atoms with Gasteiger partial charge in [0.15, 0.2) is 5.78 Å². The highest BCUT2D eigenvalue weighted by Crippen LogP contribution is 2.35. The molecule has 2 rings (SSSR count). The van der Waals surface area contributed by atoms with Crippen LogP contribution < -0.4 is 0 Å². The summed E-state index contributed by atoms with van der Waals surface area (Å²) in [6.07, 6.45) is 0. The second-order valence-corrected chi connectivity index (χ2v) is 5.12. The van der Waals surface area contributed by atoms with E-state index in [1.807, 2.05) is 11.4 Å². The van der Waals surface area contributed by atoms with Gasteiger partial charge in [-0.05, 0) is 52.5 Å². The number of hydrogen-bond acceptors (Lipinski definition) is 2. The van der Waals surface area contributed by atoms with E-state index >= 15 is 0 Å². The van der Waals surface area contributed by atoms with Crippen molar-refractivity contribution in [3.63, 3.8) is 0 Å². The summed E-state index contributed by atoms with van der Waals surface area (Å²) >= 11 is 4.80. The number of carbonyl (C=O) groups excluding carboxylic acids is 1. The van der Waals surface area contributed by atoms with E-state index in [1.165, 1.54) is 30.4 Å². The lowest BCUT2D eigenvalue weighted by molar-refractivity contribution is 0.101. The van der Waals surface area contributed by atoms with Gasteiger partial charge in [-0.2, -0.15) is 0 Å². The monoisotopic (exact) mass is 298 g/mol. The molecule has 0 radical (unpaired) electrons. The highest BCUT2D eigenvalue weighted by Gasteiger charge is 2.12. The predicted molar refractivity (Wildman–Crippen MR) is 67.4 cm³/mol. The first-order valence-electron chi connectivity index (χ1n) is 4.63. The standard InChI is InChI=1S/C12H8BrFOS/c1-7(15)8-2-3-11(14)9(6-8)12-10(13)4-5-16-12/h2-6H,1H3. The van der Waals surface area contributed by atoms with Crippen LogP contribution in [0.5, 0.6) is 0 Å². The second-order valence-electron chi connectivity index (χ2n) is 3.35. The Hall–Kier alpha value is -1.00. The van der Waals surface area contributed by atoms with Crippen LogP contribution in [0, 0.1) is 5.82 Å². The molecule has 2 aromatic rings. The Kier molecular flexibility index (Phi) is 3.21. The fourth-order valence-corrected chi connectivity index (χ4v) is 3.01. The van der Waals surface area contributed by atoms with Crippen LogP contribution in [-0.2, 0) is 0 Å². The van der Waals surface area contributed by atoms with Crippen molar-refractivity contribution >= 4 is 33.0 Å². The Morgan fingerprint density at radius 1 is 1.38 bits per heavy atom. The number of rotatable bonds is 2. The van der Waals surface area contributed by atoms with Crippen LogP contribution in [-0.4, -0.2) is 5.78 Å². The molecule has 0 fully saturated rings. The largest absolute Gasteiger partial charge is 0.295 e. The van der Waals surface area contributed by atoms with Crippen LogP contribution >= 0.6 is 27.3 Å². The van der Waals surface area contributed by atoms with Gasteiger partial charge in [-0.3, -0.25) is 4.79 Å². The molecule has 0 amide bonds. The number of carbonyl (C=O) groups is 1. The van der Waals surface area contributed by atoms with Crippen molar-refractivity contribution < 1.29 is 9.18 Å². The zero-order chi connectivity index (χ0) is 11.7. The van der Waals surface area contributed by atoms with Gasteiger partial charge < -0.3 is 0 Å². The van der Waals surface area contributed by atoms with E-state index in [0.717, 1.165) is 9.35 Å². The first-order valence-corrected chi connectivity index (χ1v) is 6.30. The summed E-state index contributed by atoms with van der Waals surface area (Å²) in [6.45, 7) is 1.47. The van der Waals surface area contributed by atoms with Crippen LogP contribution in [0.4, 0.5) is 4.39 Å². The third-order valence-corrected chi connectivity index (χ3v) is 4.11. The van der Waals surface area contributed by atoms with Crippen LogP contribution in [0.15, 0.2) is 34.1 Å². The molecular weight excluding hydrogens is 291 g/mol. The van der Waals surface area contributed by atoms with Gasteiger partial charge in [0, 0.05) is 15.6 Å². The van der Waals surface area contributed by atoms with Gasteiger partial charge in [-0.15, -0.1) is 11.3 Å². The molecule has 4 heteroatoms. The third-order valence-electron chi connectivity index (χ3n) is 2.23. The van der Waals surface area contributed by atoms with E-state index in [-0.39, 0.29) is 11.6 Å². The van der Waals surface area contributed by atoms with Crippen molar-refractivity contribution in [1.29, 1.82) is 0 Å². The lowest BCUT2D eigenvalue weighted by Crippen LogP contribution is -1.93. The summed E-state index contributed by atoms with van der Waals surface area (Å²) in [5, 5.41) is 1.87. The quantitative estimate of drug-likeness (QED) is 0.745. The molecule has 0 unspecified atom stereocenters. The van der Waals surface area contributed by atoms with Crippen LogP contribution in [0.2, 0.25) is 0 Å². The smallest absolute Gasteiger partial charge is 0.159 e. The minimum absolute atomic E-state index is 0.0612. The first-order chi connectivity index (χ1) is 7.59. The molecule has 0 aliphatic heterocycles. The third kappa shape index (κ3) is 2.08. The first kappa shape index (κ1) is 11.5. The van der Waals surface area contributed by atoms with Gasteiger partial charge in [0.1, 0.15) is 5.82 Å². The summed E-state index contributed by atoms with van der Waals surface area (Å²) in [7, 11) is 0. The van der Waals surface area contributed by atoms with E-state index in [9.17, 15) is 9.18 Å². The molecule has 1 heterocycles. The molecule has 0 aliphatic carbocycles. The summed E-state index contributed by atoms with van der Waals surface area (Å²) < 4.78 is 14.5. The fraction of sp³-hybridized carbons (Fsp3) is 0.0833. The lowest BCUT2D eigenvalue weighted by Gasteiger charge is -2.03.